The number of aromatic nitrogens is 1. The van der Waals surface area contributed by atoms with E-state index in [2.05, 4.69) is 4.98 Å². The number of rotatable bonds is 3. The molecule has 1 saturated carbocycles. The highest BCUT2D eigenvalue weighted by Crippen LogP contribution is 2.28. The SMILES string of the molecule is Cc1nc(N([C]=O)C2CCC2)cs1. The van der Waals surface area contributed by atoms with Crippen LogP contribution in [0.4, 0.5) is 5.82 Å². The fraction of sp³-hybridized carbons (Fsp3) is 0.556. The van der Waals surface area contributed by atoms with Crippen LogP contribution >= 0.6 is 11.3 Å². The summed E-state index contributed by atoms with van der Waals surface area (Å²) in [6.07, 6.45) is 5.35. The molecule has 1 radical (unpaired) electrons. The Labute approximate surface area is 81.4 Å². The van der Waals surface area contributed by atoms with E-state index in [0.29, 0.717) is 6.04 Å². The number of hydrogen-bond acceptors (Lipinski definition) is 3. The van der Waals surface area contributed by atoms with Crippen LogP contribution in [0.1, 0.15) is 24.3 Å². The van der Waals surface area contributed by atoms with Gasteiger partial charge in [-0.25, -0.2) is 4.98 Å². The van der Waals surface area contributed by atoms with Crippen molar-refractivity contribution in [2.45, 2.75) is 32.2 Å². The Balaban J connectivity index is 2.15. The standard InChI is InChI=1S/C9H11N2OS/c1-7-10-9(5-13-7)11(6-12)8-3-2-4-8/h5,8H,2-4H2,1H3. The zero-order valence-corrected chi connectivity index (χ0v) is 8.30. The first-order valence-corrected chi connectivity index (χ1v) is 5.28. The third-order valence-electron chi connectivity index (χ3n) is 2.39. The van der Waals surface area contributed by atoms with Gasteiger partial charge in [-0.05, 0) is 26.2 Å². The Kier molecular flexibility index (Phi) is 2.31. The van der Waals surface area contributed by atoms with Gasteiger partial charge >= 0.3 is 6.41 Å². The summed E-state index contributed by atoms with van der Waals surface area (Å²) in [4.78, 5) is 16.6. The van der Waals surface area contributed by atoms with Crippen molar-refractivity contribution in [3.8, 4) is 0 Å². The van der Waals surface area contributed by atoms with Gasteiger partial charge in [-0.15, -0.1) is 11.3 Å². The van der Waals surface area contributed by atoms with E-state index in [1.807, 2.05) is 18.7 Å². The third kappa shape index (κ3) is 1.58. The van der Waals surface area contributed by atoms with E-state index in [1.54, 1.807) is 16.2 Å². The van der Waals surface area contributed by atoms with Crippen molar-refractivity contribution < 1.29 is 4.79 Å². The summed E-state index contributed by atoms with van der Waals surface area (Å²) >= 11 is 1.57. The smallest absolute Gasteiger partial charge is 0.285 e. The number of amides is 1. The topological polar surface area (TPSA) is 33.2 Å². The van der Waals surface area contributed by atoms with Gasteiger partial charge in [0.15, 0.2) is 0 Å². The van der Waals surface area contributed by atoms with Crippen LogP contribution in [0.15, 0.2) is 5.38 Å². The zero-order chi connectivity index (χ0) is 9.26. The molecule has 0 unspecified atom stereocenters. The van der Waals surface area contributed by atoms with Gasteiger partial charge in [0, 0.05) is 11.4 Å². The molecule has 0 bridgehead atoms. The van der Waals surface area contributed by atoms with Gasteiger partial charge in [-0.1, -0.05) is 0 Å². The van der Waals surface area contributed by atoms with E-state index in [9.17, 15) is 4.79 Å². The van der Waals surface area contributed by atoms with Gasteiger partial charge in [0.2, 0.25) is 0 Å². The number of nitrogens with zero attached hydrogens (tertiary/aromatic N) is 2. The van der Waals surface area contributed by atoms with Crippen LogP contribution in [-0.4, -0.2) is 17.4 Å². The van der Waals surface area contributed by atoms with E-state index < -0.39 is 0 Å². The molecule has 0 saturated heterocycles. The second-order valence-corrected chi connectivity index (χ2v) is 4.33. The molecule has 0 atom stereocenters. The van der Waals surface area contributed by atoms with Crippen molar-refractivity contribution >= 4 is 23.6 Å². The lowest BCUT2D eigenvalue weighted by atomic mass is 9.92. The van der Waals surface area contributed by atoms with Crippen LogP contribution in [0.5, 0.6) is 0 Å². The van der Waals surface area contributed by atoms with Crippen molar-refractivity contribution in [3.05, 3.63) is 10.4 Å². The highest BCUT2D eigenvalue weighted by atomic mass is 32.1. The quantitative estimate of drug-likeness (QED) is 0.690. The molecule has 0 aromatic carbocycles. The molecule has 1 aliphatic rings. The second-order valence-electron chi connectivity index (χ2n) is 3.27. The van der Waals surface area contributed by atoms with Crippen molar-refractivity contribution in [2.24, 2.45) is 0 Å². The number of carbonyl (C=O) groups excluding carboxylic acids is 1. The van der Waals surface area contributed by atoms with Gasteiger partial charge in [-0.2, -0.15) is 0 Å². The number of hydrogen-bond donors (Lipinski definition) is 0. The number of anilines is 1. The van der Waals surface area contributed by atoms with Crippen molar-refractivity contribution in [1.29, 1.82) is 0 Å². The normalized spacial score (nSPS) is 16.7. The van der Waals surface area contributed by atoms with E-state index in [-0.39, 0.29) is 0 Å². The van der Waals surface area contributed by atoms with Crippen molar-refractivity contribution in [2.75, 3.05) is 4.90 Å². The minimum absolute atomic E-state index is 0.346. The van der Waals surface area contributed by atoms with Gasteiger partial charge in [0.25, 0.3) is 0 Å². The molecule has 1 amide bonds. The van der Waals surface area contributed by atoms with Crippen LogP contribution in [-0.2, 0) is 4.79 Å². The van der Waals surface area contributed by atoms with Crippen molar-refractivity contribution in [3.63, 3.8) is 0 Å². The average molecular weight is 195 g/mol. The summed E-state index contributed by atoms with van der Waals surface area (Å²) in [5.74, 6) is 0.766. The molecule has 1 aromatic heterocycles. The van der Waals surface area contributed by atoms with Crippen LogP contribution in [0.3, 0.4) is 0 Å². The summed E-state index contributed by atoms with van der Waals surface area (Å²) in [6, 6.07) is 0.346. The largest absolute Gasteiger partial charge is 0.318 e. The minimum atomic E-state index is 0.346. The molecule has 1 aliphatic carbocycles. The Hall–Kier alpha value is -0.900. The zero-order valence-electron chi connectivity index (χ0n) is 7.49. The maximum atomic E-state index is 10.7. The minimum Gasteiger partial charge on any atom is -0.285 e. The maximum absolute atomic E-state index is 10.7. The van der Waals surface area contributed by atoms with Crippen LogP contribution in [0.25, 0.3) is 0 Å². The molecule has 69 valence electrons. The van der Waals surface area contributed by atoms with Crippen LogP contribution in [0.2, 0.25) is 0 Å². The molecule has 2 rings (SSSR count). The summed E-state index contributed by atoms with van der Waals surface area (Å²) < 4.78 is 0. The Morgan fingerprint density at radius 3 is 2.85 bits per heavy atom. The Bertz CT molecular complexity index is 306. The van der Waals surface area contributed by atoms with E-state index in [0.717, 1.165) is 23.7 Å². The van der Waals surface area contributed by atoms with E-state index in [4.69, 9.17) is 0 Å². The molecular formula is C9H11N2OS. The van der Waals surface area contributed by atoms with Crippen LogP contribution < -0.4 is 4.90 Å². The molecule has 1 fully saturated rings. The maximum Gasteiger partial charge on any atom is 0.318 e. The molecule has 13 heavy (non-hydrogen) atoms. The predicted molar refractivity (Wildman–Crippen MR) is 52.7 cm³/mol. The lowest BCUT2D eigenvalue weighted by Gasteiger charge is -2.32. The lowest BCUT2D eigenvalue weighted by Crippen LogP contribution is -2.39. The van der Waals surface area contributed by atoms with E-state index >= 15 is 0 Å². The lowest BCUT2D eigenvalue weighted by molar-refractivity contribution is 0.406. The summed E-state index contributed by atoms with van der Waals surface area (Å²) in [5, 5.41) is 2.91. The Morgan fingerprint density at radius 1 is 1.69 bits per heavy atom. The van der Waals surface area contributed by atoms with Gasteiger partial charge in [-0.3, -0.25) is 9.69 Å². The summed E-state index contributed by atoms with van der Waals surface area (Å²) in [7, 11) is 0. The van der Waals surface area contributed by atoms with Gasteiger partial charge < -0.3 is 0 Å². The second kappa shape index (κ2) is 3.46. The monoisotopic (exact) mass is 195 g/mol. The third-order valence-corrected chi connectivity index (χ3v) is 3.15. The summed E-state index contributed by atoms with van der Waals surface area (Å²) in [5.41, 5.74) is 0. The fourth-order valence-electron chi connectivity index (χ4n) is 1.42. The Morgan fingerprint density at radius 2 is 2.46 bits per heavy atom. The van der Waals surface area contributed by atoms with Gasteiger partial charge in [0.05, 0.1) is 5.01 Å². The van der Waals surface area contributed by atoms with Gasteiger partial charge in [0.1, 0.15) is 5.82 Å². The van der Waals surface area contributed by atoms with E-state index in [1.165, 1.54) is 6.42 Å². The first kappa shape index (κ1) is 8.69. The molecular weight excluding hydrogens is 184 g/mol. The molecule has 0 N–H and O–H groups in total. The van der Waals surface area contributed by atoms with Crippen molar-refractivity contribution in [1.82, 2.24) is 4.98 Å². The molecule has 4 heteroatoms. The van der Waals surface area contributed by atoms with Crippen LogP contribution in [0, 0.1) is 6.92 Å². The highest BCUT2D eigenvalue weighted by Gasteiger charge is 2.26. The highest BCUT2D eigenvalue weighted by molar-refractivity contribution is 7.09. The molecule has 0 aliphatic heterocycles. The molecule has 0 spiro atoms. The summed E-state index contributed by atoms with van der Waals surface area (Å²) in [6.45, 7) is 1.94. The first-order valence-electron chi connectivity index (χ1n) is 4.40. The molecule has 1 aromatic rings. The fourth-order valence-corrected chi connectivity index (χ4v) is 2.00. The molecule has 1 heterocycles. The average Bonchev–Trinajstić information content (AvgIpc) is 2.43. The predicted octanol–water partition coefficient (Wildman–Crippen LogP) is 1.88. The first-order chi connectivity index (χ1) is 6.31. The molecule has 3 nitrogen and oxygen atoms in total. The number of aryl methyl sites for hydroxylation is 1. The number of thiazole rings is 1.